The molecular formula is C43H34N4. The number of fused-ring (bicyclic) bond motifs is 9. The molecule has 0 bridgehead atoms. The molecule has 1 unspecified atom stereocenters. The highest BCUT2D eigenvalue weighted by Gasteiger charge is 2.41. The maximum Gasteiger partial charge on any atom is 0.206 e. The summed E-state index contributed by atoms with van der Waals surface area (Å²) >= 11 is 0. The Labute approximate surface area is 276 Å². The first-order chi connectivity index (χ1) is 23.0. The standard InChI is InChI=1S/C43H34N4/c1-43(2)34-23-13-10-21-32(34)39-35(43)27-26-31-30-20-11-14-24-36(30)47(37-25-15-12-22-33(37)38(31)39)42-45-40(28-16-6-4-7-17-28)44-41(46(42)3)29-18-8-5-9-19-29/h4-27,42H,1-3H3. The van der Waals surface area contributed by atoms with Gasteiger partial charge in [0.2, 0.25) is 6.29 Å². The molecule has 0 spiro atoms. The van der Waals surface area contributed by atoms with E-state index in [-0.39, 0.29) is 5.41 Å². The van der Waals surface area contributed by atoms with E-state index < -0.39 is 6.29 Å². The van der Waals surface area contributed by atoms with Crippen LogP contribution in [0.1, 0.15) is 36.1 Å². The van der Waals surface area contributed by atoms with Gasteiger partial charge in [-0.1, -0.05) is 147 Å². The van der Waals surface area contributed by atoms with Crippen LogP contribution in [0.5, 0.6) is 0 Å². The van der Waals surface area contributed by atoms with E-state index in [4.69, 9.17) is 9.98 Å². The van der Waals surface area contributed by atoms with Crippen LogP contribution in [-0.4, -0.2) is 29.9 Å². The van der Waals surface area contributed by atoms with Crippen LogP contribution in [0.15, 0.2) is 156 Å². The van der Waals surface area contributed by atoms with Gasteiger partial charge in [0.1, 0.15) is 5.84 Å². The van der Waals surface area contributed by atoms with Crippen molar-refractivity contribution in [3.63, 3.8) is 0 Å². The third kappa shape index (κ3) is 4.07. The van der Waals surface area contributed by atoms with Crippen molar-refractivity contribution in [2.75, 3.05) is 11.9 Å². The molecule has 0 fully saturated rings. The number of rotatable bonds is 3. The molecule has 47 heavy (non-hydrogen) atoms. The average Bonchev–Trinajstić information content (AvgIpc) is 3.27. The van der Waals surface area contributed by atoms with Gasteiger partial charge in [0.25, 0.3) is 0 Å². The minimum atomic E-state index is -0.397. The molecule has 3 aliphatic rings. The van der Waals surface area contributed by atoms with Crippen molar-refractivity contribution in [1.29, 1.82) is 0 Å². The maximum absolute atomic E-state index is 5.45. The lowest BCUT2D eigenvalue weighted by Crippen LogP contribution is -2.49. The van der Waals surface area contributed by atoms with Crippen LogP contribution in [0.25, 0.3) is 33.4 Å². The number of para-hydroxylation sites is 2. The summed E-state index contributed by atoms with van der Waals surface area (Å²) in [4.78, 5) is 15.3. The van der Waals surface area contributed by atoms with E-state index in [9.17, 15) is 0 Å². The van der Waals surface area contributed by atoms with Gasteiger partial charge in [0.15, 0.2) is 5.84 Å². The van der Waals surface area contributed by atoms with Gasteiger partial charge in [0, 0.05) is 34.7 Å². The van der Waals surface area contributed by atoms with Gasteiger partial charge < -0.3 is 9.80 Å². The lowest BCUT2D eigenvalue weighted by atomic mass is 9.80. The van der Waals surface area contributed by atoms with Crippen LogP contribution < -0.4 is 4.90 Å². The molecule has 0 aromatic heterocycles. The molecule has 6 aromatic carbocycles. The van der Waals surface area contributed by atoms with Crippen molar-refractivity contribution in [1.82, 2.24) is 4.90 Å². The monoisotopic (exact) mass is 606 g/mol. The quantitative estimate of drug-likeness (QED) is 0.201. The number of hydrogen-bond donors (Lipinski definition) is 0. The molecule has 1 aliphatic carbocycles. The Kier molecular flexibility index (Phi) is 6.10. The molecule has 4 nitrogen and oxygen atoms in total. The third-order valence-electron chi connectivity index (χ3n) is 10.1. The molecule has 0 amide bonds. The van der Waals surface area contributed by atoms with Crippen LogP contribution in [0, 0.1) is 0 Å². The maximum atomic E-state index is 5.45. The normalized spacial score (nSPS) is 17.0. The summed E-state index contributed by atoms with van der Waals surface area (Å²) in [5, 5.41) is 0. The summed E-state index contributed by atoms with van der Waals surface area (Å²) in [7, 11) is 2.11. The highest BCUT2D eigenvalue weighted by Crippen LogP contribution is 2.58. The molecule has 4 heteroatoms. The van der Waals surface area contributed by atoms with Crippen molar-refractivity contribution >= 4 is 23.0 Å². The van der Waals surface area contributed by atoms with Gasteiger partial charge in [-0.05, 0) is 45.5 Å². The third-order valence-corrected chi connectivity index (χ3v) is 10.1. The fourth-order valence-electron chi connectivity index (χ4n) is 7.81. The second kappa shape index (κ2) is 10.4. The van der Waals surface area contributed by atoms with Crippen molar-refractivity contribution in [2.45, 2.75) is 25.6 Å². The summed E-state index contributed by atoms with van der Waals surface area (Å²) < 4.78 is 0. The van der Waals surface area contributed by atoms with Gasteiger partial charge in [0.05, 0.1) is 11.4 Å². The molecule has 6 aromatic rings. The number of nitrogens with zero attached hydrogens (tertiary/aromatic N) is 4. The predicted octanol–water partition coefficient (Wildman–Crippen LogP) is 9.90. The summed E-state index contributed by atoms with van der Waals surface area (Å²) in [6.45, 7) is 4.71. The average molecular weight is 607 g/mol. The summed E-state index contributed by atoms with van der Waals surface area (Å²) in [6.07, 6.45) is -0.397. The van der Waals surface area contributed by atoms with Crippen LogP contribution in [0.4, 0.5) is 11.4 Å². The molecule has 226 valence electrons. The predicted molar refractivity (Wildman–Crippen MR) is 195 cm³/mol. The van der Waals surface area contributed by atoms with E-state index in [0.717, 1.165) is 34.2 Å². The van der Waals surface area contributed by atoms with Gasteiger partial charge in [-0.25, -0.2) is 9.98 Å². The second-order valence-electron chi connectivity index (χ2n) is 13.1. The van der Waals surface area contributed by atoms with Crippen molar-refractivity contribution in [3.05, 3.63) is 168 Å². The fraction of sp³-hybridized carbons (Fsp3) is 0.116. The van der Waals surface area contributed by atoms with E-state index in [1.54, 1.807) is 0 Å². The summed E-state index contributed by atoms with van der Waals surface area (Å²) in [6, 6.07) is 52.1. The lowest BCUT2D eigenvalue weighted by molar-refractivity contribution is 0.377. The largest absolute Gasteiger partial charge is 0.320 e. The van der Waals surface area contributed by atoms with Gasteiger partial charge in [-0.3, -0.25) is 0 Å². The highest BCUT2D eigenvalue weighted by atomic mass is 15.5. The molecule has 0 saturated carbocycles. The number of hydrogen-bond acceptors (Lipinski definition) is 4. The zero-order chi connectivity index (χ0) is 31.7. The van der Waals surface area contributed by atoms with Crippen LogP contribution in [0.3, 0.4) is 0 Å². The number of aliphatic imine (C=N–C) groups is 2. The molecule has 9 rings (SSSR count). The summed E-state index contributed by atoms with van der Waals surface area (Å²) in [5.41, 5.74) is 14.5. The topological polar surface area (TPSA) is 31.2 Å². The molecule has 1 atom stereocenters. The molecule has 2 heterocycles. The van der Waals surface area contributed by atoms with E-state index >= 15 is 0 Å². The molecule has 0 radical (unpaired) electrons. The molecule has 0 saturated heterocycles. The van der Waals surface area contributed by atoms with Gasteiger partial charge in [-0.15, -0.1) is 0 Å². The second-order valence-corrected chi connectivity index (χ2v) is 13.1. The van der Waals surface area contributed by atoms with Crippen molar-refractivity contribution in [3.8, 4) is 33.4 Å². The Morgan fingerprint density at radius 2 is 1.09 bits per heavy atom. The Morgan fingerprint density at radius 3 is 1.81 bits per heavy atom. The molecule has 2 aliphatic heterocycles. The smallest absolute Gasteiger partial charge is 0.206 e. The van der Waals surface area contributed by atoms with Crippen molar-refractivity contribution in [2.24, 2.45) is 9.98 Å². The molecule has 0 N–H and O–H groups in total. The number of anilines is 2. The molecular weight excluding hydrogens is 573 g/mol. The Bertz CT molecular complexity index is 2250. The first-order valence-corrected chi connectivity index (χ1v) is 16.3. The van der Waals surface area contributed by atoms with Gasteiger partial charge in [-0.2, -0.15) is 0 Å². The minimum absolute atomic E-state index is 0.0963. The number of benzene rings is 6. The Morgan fingerprint density at radius 1 is 0.511 bits per heavy atom. The van der Waals surface area contributed by atoms with Crippen LogP contribution in [0.2, 0.25) is 0 Å². The highest BCUT2D eigenvalue weighted by molar-refractivity contribution is 6.14. The van der Waals surface area contributed by atoms with E-state index in [2.05, 4.69) is 164 Å². The van der Waals surface area contributed by atoms with E-state index in [0.29, 0.717) is 0 Å². The lowest BCUT2D eigenvalue weighted by Gasteiger charge is -2.41. The fourth-order valence-corrected chi connectivity index (χ4v) is 7.81. The first kappa shape index (κ1) is 27.6. The van der Waals surface area contributed by atoms with Crippen molar-refractivity contribution < 1.29 is 0 Å². The number of amidine groups is 2. The van der Waals surface area contributed by atoms with Gasteiger partial charge >= 0.3 is 0 Å². The zero-order valence-corrected chi connectivity index (χ0v) is 26.7. The Hall–Kier alpha value is -5.74. The summed E-state index contributed by atoms with van der Waals surface area (Å²) in [5.74, 6) is 1.61. The van der Waals surface area contributed by atoms with E-state index in [1.807, 2.05) is 12.1 Å². The Balaban J connectivity index is 1.33. The SMILES string of the molecule is CN1C(c2ccccc2)=NC(c2ccccc2)=NC1N1c2ccccc2-c2ccc3c(c2-c2ccccc21)-c1ccccc1C3(C)C. The minimum Gasteiger partial charge on any atom is -0.320 e. The zero-order valence-electron chi connectivity index (χ0n) is 26.7. The van der Waals surface area contributed by atoms with Crippen LogP contribution in [-0.2, 0) is 5.41 Å². The van der Waals surface area contributed by atoms with E-state index in [1.165, 1.54) is 44.5 Å². The first-order valence-electron chi connectivity index (χ1n) is 16.3. The van der Waals surface area contributed by atoms with Crippen LogP contribution >= 0.6 is 0 Å².